The minimum atomic E-state index is -3.33. The molecule has 0 aromatic heterocycles. The third-order valence-electron chi connectivity index (χ3n) is 4.35. The second-order valence-electron chi connectivity index (χ2n) is 6.19. The first-order chi connectivity index (χ1) is 10.7. The number of hydrogen-bond acceptors (Lipinski definition) is 4. The van der Waals surface area contributed by atoms with Gasteiger partial charge in [-0.1, -0.05) is 12.1 Å². The van der Waals surface area contributed by atoms with Gasteiger partial charge in [0.2, 0.25) is 10.0 Å². The number of rotatable bonds is 5. The minimum absolute atomic E-state index is 0.0300. The number of ether oxygens (including phenoxy) is 1. The topological polar surface area (TPSA) is 75.7 Å². The molecule has 1 aliphatic rings. The number of nitrogens with one attached hydrogen (secondary N) is 1. The molecule has 0 saturated carbocycles. The van der Waals surface area contributed by atoms with Crippen molar-refractivity contribution in [3.8, 4) is 0 Å². The van der Waals surface area contributed by atoms with Crippen LogP contribution in [0.15, 0.2) is 18.2 Å². The lowest BCUT2D eigenvalue weighted by Gasteiger charge is -2.21. The smallest absolute Gasteiger partial charge is 0.251 e. The summed E-state index contributed by atoms with van der Waals surface area (Å²) >= 11 is 0. The lowest BCUT2D eigenvalue weighted by Crippen LogP contribution is -2.43. The van der Waals surface area contributed by atoms with Crippen LogP contribution in [0.4, 0.5) is 0 Å². The highest BCUT2D eigenvalue weighted by molar-refractivity contribution is 7.89. The van der Waals surface area contributed by atoms with Crippen molar-refractivity contribution in [2.24, 2.45) is 5.92 Å². The molecule has 0 aliphatic carbocycles. The van der Waals surface area contributed by atoms with E-state index in [4.69, 9.17) is 4.74 Å². The lowest BCUT2D eigenvalue weighted by atomic mass is 10.0. The molecule has 1 aliphatic heterocycles. The summed E-state index contributed by atoms with van der Waals surface area (Å²) in [6, 6.07) is 5.28. The van der Waals surface area contributed by atoms with Crippen molar-refractivity contribution >= 4 is 15.9 Å². The first-order valence-corrected chi connectivity index (χ1v) is 9.18. The Kier molecular flexibility index (Phi) is 5.44. The van der Waals surface area contributed by atoms with Gasteiger partial charge in [-0.25, -0.2) is 12.7 Å². The van der Waals surface area contributed by atoms with Crippen LogP contribution in [0, 0.1) is 19.8 Å². The molecule has 0 spiro atoms. The molecule has 2 atom stereocenters. The van der Waals surface area contributed by atoms with Crippen molar-refractivity contribution in [3.63, 3.8) is 0 Å². The lowest BCUT2D eigenvalue weighted by molar-refractivity contribution is 0.0925. The molecule has 1 saturated heterocycles. The molecule has 1 N–H and O–H groups in total. The number of benzene rings is 1. The summed E-state index contributed by atoms with van der Waals surface area (Å²) in [5, 5.41) is 2.93. The number of hydrogen-bond donors (Lipinski definition) is 1. The largest absolute Gasteiger partial charge is 0.379 e. The molecule has 1 heterocycles. The van der Waals surface area contributed by atoms with Gasteiger partial charge < -0.3 is 10.1 Å². The molecule has 7 heteroatoms. The predicted octanol–water partition coefficient (Wildman–Crippen LogP) is 0.940. The van der Waals surface area contributed by atoms with Gasteiger partial charge in [0.1, 0.15) is 0 Å². The van der Waals surface area contributed by atoms with Crippen LogP contribution >= 0.6 is 0 Å². The van der Waals surface area contributed by atoms with Crippen molar-refractivity contribution in [3.05, 3.63) is 34.9 Å². The van der Waals surface area contributed by atoms with E-state index in [0.717, 1.165) is 11.1 Å². The number of aryl methyl sites for hydroxylation is 1. The summed E-state index contributed by atoms with van der Waals surface area (Å²) in [5.41, 5.74) is 2.60. The zero-order chi connectivity index (χ0) is 17.2. The fraction of sp³-hybridized carbons (Fsp3) is 0.562. The van der Waals surface area contributed by atoms with E-state index in [1.165, 1.54) is 18.4 Å². The number of carbonyl (C=O) groups excluding carboxylic acids is 1. The van der Waals surface area contributed by atoms with Gasteiger partial charge in [-0.2, -0.15) is 0 Å². The van der Waals surface area contributed by atoms with Crippen molar-refractivity contribution in [1.82, 2.24) is 9.62 Å². The maximum absolute atomic E-state index is 12.5. The monoisotopic (exact) mass is 340 g/mol. The van der Waals surface area contributed by atoms with Gasteiger partial charge in [-0.3, -0.25) is 4.79 Å². The first-order valence-electron chi connectivity index (χ1n) is 7.57. The van der Waals surface area contributed by atoms with Crippen molar-refractivity contribution < 1.29 is 17.9 Å². The Balaban J connectivity index is 2.09. The van der Waals surface area contributed by atoms with E-state index >= 15 is 0 Å². The summed E-state index contributed by atoms with van der Waals surface area (Å²) in [5.74, 6) is -0.456. The molecule has 1 fully saturated rings. The fourth-order valence-corrected chi connectivity index (χ4v) is 3.75. The van der Waals surface area contributed by atoms with E-state index in [0.29, 0.717) is 18.8 Å². The average Bonchev–Trinajstić information content (AvgIpc) is 2.88. The van der Waals surface area contributed by atoms with Crippen LogP contribution in [0.2, 0.25) is 0 Å². The van der Waals surface area contributed by atoms with Gasteiger partial charge in [-0.15, -0.1) is 0 Å². The van der Waals surface area contributed by atoms with Crippen LogP contribution in [0.3, 0.4) is 0 Å². The van der Waals surface area contributed by atoms with Gasteiger partial charge in [0.25, 0.3) is 5.91 Å². The van der Waals surface area contributed by atoms with E-state index in [-0.39, 0.29) is 23.6 Å². The third kappa shape index (κ3) is 4.10. The molecule has 6 nitrogen and oxygen atoms in total. The maximum Gasteiger partial charge on any atom is 0.251 e. The average molecular weight is 340 g/mol. The maximum atomic E-state index is 12.5. The minimum Gasteiger partial charge on any atom is -0.379 e. The Morgan fingerprint density at radius 3 is 2.65 bits per heavy atom. The number of amides is 1. The number of sulfonamides is 1. The van der Waals surface area contributed by atoms with E-state index in [2.05, 4.69) is 5.32 Å². The van der Waals surface area contributed by atoms with E-state index in [1.807, 2.05) is 26.0 Å². The highest BCUT2D eigenvalue weighted by Gasteiger charge is 2.34. The molecular weight excluding hydrogens is 316 g/mol. The molecule has 1 amide bonds. The number of nitrogens with zero attached hydrogens (tertiary/aromatic N) is 1. The molecule has 1 aromatic carbocycles. The summed E-state index contributed by atoms with van der Waals surface area (Å²) in [6.45, 7) is 4.54. The zero-order valence-electron chi connectivity index (χ0n) is 14.0. The summed E-state index contributed by atoms with van der Waals surface area (Å²) < 4.78 is 30.7. The summed E-state index contributed by atoms with van der Waals surface area (Å²) in [4.78, 5) is 12.5. The van der Waals surface area contributed by atoms with E-state index in [9.17, 15) is 13.2 Å². The molecule has 0 radical (unpaired) electrons. The van der Waals surface area contributed by atoms with Crippen LogP contribution in [-0.4, -0.2) is 57.7 Å². The van der Waals surface area contributed by atoms with Crippen LogP contribution in [0.25, 0.3) is 0 Å². The zero-order valence-corrected chi connectivity index (χ0v) is 14.8. The summed E-state index contributed by atoms with van der Waals surface area (Å²) in [7, 11) is -0.310. The van der Waals surface area contributed by atoms with Crippen LogP contribution in [-0.2, 0) is 14.8 Å². The summed E-state index contributed by atoms with van der Waals surface area (Å²) in [6.07, 6.45) is 0. The van der Waals surface area contributed by atoms with Crippen LogP contribution in [0.1, 0.15) is 21.5 Å². The Morgan fingerprint density at radius 2 is 2.00 bits per heavy atom. The van der Waals surface area contributed by atoms with Gasteiger partial charge >= 0.3 is 0 Å². The highest BCUT2D eigenvalue weighted by Crippen LogP contribution is 2.19. The number of carbonyl (C=O) groups is 1. The van der Waals surface area contributed by atoms with E-state index < -0.39 is 10.0 Å². The second kappa shape index (κ2) is 6.98. The molecule has 23 heavy (non-hydrogen) atoms. The standard InChI is InChI=1S/C16H24N2O4S/c1-11-6-5-7-14(12(11)2)16(19)17-15-9-22-8-13(15)10-23(20,21)18(3)4/h5-7,13,15H,8-10H2,1-4H3,(H,17,19). The predicted molar refractivity (Wildman–Crippen MR) is 89.0 cm³/mol. The molecular formula is C16H24N2O4S. The quantitative estimate of drug-likeness (QED) is 0.865. The van der Waals surface area contributed by atoms with Gasteiger partial charge in [0, 0.05) is 25.6 Å². The normalized spacial score (nSPS) is 21.6. The van der Waals surface area contributed by atoms with Crippen LogP contribution < -0.4 is 5.32 Å². The molecule has 2 unspecified atom stereocenters. The third-order valence-corrected chi connectivity index (χ3v) is 6.31. The van der Waals surface area contributed by atoms with Gasteiger partial charge in [0.05, 0.1) is 25.0 Å². The Hall–Kier alpha value is -1.44. The first kappa shape index (κ1) is 17.9. The van der Waals surface area contributed by atoms with Crippen molar-refractivity contribution in [2.45, 2.75) is 19.9 Å². The van der Waals surface area contributed by atoms with Crippen LogP contribution in [0.5, 0.6) is 0 Å². The van der Waals surface area contributed by atoms with Gasteiger partial charge in [0.15, 0.2) is 0 Å². The SMILES string of the molecule is Cc1cccc(C(=O)NC2COCC2CS(=O)(=O)N(C)C)c1C. The Labute approximate surface area is 137 Å². The molecule has 0 bridgehead atoms. The van der Waals surface area contributed by atoms with Crippen molar-refractivity contribution in [2.75, 3.05) is 33.1 Å². The van der Waals surface area contributed by atoms with Gasteiger partial charge in [-0.05, 0) is 31.0 Å². The van der Waals surface area contributed by atoms with E-state index in [1.54, 1.807) is 6.07 Å². The fourth-order valence-electron chi connectivity index (χ4n) is 2.59. The second-order valence-corrected chi connectivity index (χ2v) is 8.41. The Morgan fingerprint density at radius 1 is 1.30 bits per heavy atom. The Bertz CT molecular complexity index is 685. The molecule has 128 valence electrons. The molecule has 2 rings (SSSR count). The highest BCUT2D eigenvalue weighted by atomic mass is 32.2. The molecule has 1 aromatic rings. The van der Waals surface area contributed by atoms with Crippen molar-refractivity contribution in [1.29, 1.82) is 0 Å².